The van der Waals surface area contributed by atoms with Crippen LogP contribution in [0.2, 0.25) is 0 Å². The molecule has 5 rings (SSSR count). The molecule has 1 aliphatic carbocycles. The second-order valence-electron chi connectivity index (χ2n) is 7.57. The van der Waals surface area contributed by atoms with Gasteiger partial charge >= 0.3 is 0 Å². The molecule has 2 aliphatic rings. The minimum absolute atomic E-state index is 0.0879. The van der Waals surface area contributed by atoms with Gasteiger partial charge in [-0.1, -0.05) is 5.16 Å². The van der Waals surface area contributed by atoms with E-state index in [9.17, 15) is 4.79 Å². The Kier molecular flexibility index (Phi) is 4.48. The van der Waals surface area contributed by atoms with Crippen molar-refractivity contribution in [1.29, 1.82) is 0 Å². The Morgan fingerprint density at radius 2 is 2.11 bits per heavy atom. The van der Waals surface area contributed by atoms with Crippen molar-refractivity contribution in [1.82, 2.24) is 29.8 Å². The van der Waals surface area contributed by atoms with Gasteiger partial charge in [-0.05, 0) is 50.4 Å². The molecule has 0 bridgehead atoms. The van der Waals surface area contributed by atoms with Gasteiger partial charge in [-0.2, -0.15) is 10.1 Å². The lowest BCUT2D eigenvalue weighted by Gasteiger charge is -2.23. The summed E-state index contributed by atoms with van der Waals surface area (Å²) < 4.78 is 6.94. The predicted octanol–water partition coefficient (Wildman–Crippen LogP) is 2.23. The molecule has 2 fully saturated rings. The molecule has 144 valence electrons. The molecule has 28 heavy (non-hydrogen) atoms. The first-order chi connectivity index (χ1) is 13.8. The molecule has 8 heteroatoms. The smallest absolute Gasteiger partial charge is 0.266 e. The highest BCUT2D eigenvalue weighted by Gasteiger charge is 2.31. The zero-order chi connectivity index (χ0) is 18.9. The summed E-state index contributed by atoms with van der Waals surface area (Å²) in [7, 11) is 0. The number of aromatic nitrogens is 5. The molecule has 0 spiro atoms. The van der Waals surface area contributed by atoms with Crippen LogP contribution in [0.5, 0.6) is 0 Å². The van der Waals surface area contributed by atoms with Crippen LogP contribution in [-0.2, 0) is 13.1 Å². The number of rotatable bonds is 6. The fourth-order valence-corrected chi connectivity index (χ4v) is 3.77. The molecule has 0 radical (unpaired) electrons. The molecule has 1 atom stereocenters. The van der Waals surface area contributed by atoms with Gasteiger partial charge in [0.1, 0.15) is 0 Å². The first-order valence-electron chi connectivity index (χ1n) is 9.81. The molecule has 3 aromatic rings. The number of hydrogen-bond acceptors (Lipinski definition) is 7. The van der Waals surface area contributed by atoms with Crippen LogP contribution in [0.4, 0.5) is 0 Å². The van der Waals surface area contributed by atoms with Gasteiger partial charge in [-0.3, -0.25) is 14.7 Å². The zero-order valence-corrected chi connectivity index (χ0v) is 15.6. The number of pyridine rings is 1. The minimum atomic E-state index is -0.0879. The Labute approximate surface area is 162 Å². The Hall–Kier alpha value is -2.87. The van der Waals surface area contributed by atoms with Crippen LogP contribution in [0.15, 0.2) is 46.0 Å². The van der Waals surface area contributed by atoms with Crippen LogP contribution in [0.25, 0.3) is 11.3 Å². The van der Waals surface area contributed by atoms with E-state index >= 15 is 0 Å². The Morgan fingerprint density at radius 1 is 1.18 bits per heavy atom. The van der Waals surface area contributed by atoms with Gasteiger partial charge in [-0.25, -0.2) is 4.68 Å². The van der Waals surface area contributed by atoms with Crippen LogP contribution >= 0.6 is 0 Å². The van der Waals surface area contributed by atoms with Gasteiger partial charge in [0.2, 0.25) is 5.89 Å². The normalized spacial score (nSPS) is 19.9. The maximum atomic E-state index is 12.4. The molecule has 1 unspecified atom stereocenters. The van der Waals surface area contributed by atoms with E-state index in [4.69, 9.17) is 4.52 Å². The Bertz CT molecular complexity index is 1010. The van der Waals surface area contributed by atoms with E-state index in [-0.39, 0.29) is 11.6 Å². The third-order valence-electron chi connectivity index (χ3n) is 5.46. The summed E-state index contributed by atoms with van der Waals surface area (Å²) in [5, 5.41) is 8.71. The first-order valence-corrected chi connectivity index (χ1v) is 9.81. The molecule has 3 aromatic heterocycles. The van der Waals surface area contributed by atoms with Gasteiger partial charge < -0.3 is 4.52 Å². The standard InChI is InChI=1S/C20H22N6O2/c27-19-8-7-17(15-3-1-9-21-11-15)23-26(19)12-16-4-2-10-25(16)13-18-22-20(28-24-18)14-5-6-14/h1,3,7-9,11,14,16H,2,4-6,10,12-13H2. The highest BCUT2D eigenvalue weighted by atomic mass is 16.5. The van der Waals surface area contributed by atoms with Crippen LogP contribution in [0.3, 0.4) is 0 Å². The predicted molar refractivity (Wildman–Crippen MR) is 101 cm³/mol. The van der Waals surface area contributed by atoms with Gasteiger partial charge in [0, 0.05) is 36.0 Å². The molecular formula is C20H22N6O2. The highest BCUT2D eigenvalue weighted by Crippen LogP contribution is 2.39. The molecule has 1 aliphatic heterocycles. The monoisotopic (exact) mass is 378 g/mol. The number of hydrogen-bond donors (Lipinski definition) is 0. The van der Waals surface area contributed by atoms with E-state index < -0.39 is 0 Å². The van der Waals surface area contributed by atoms with Crippen molar-refractivity contribution in [3.05, 3.63) is 58.7 Å². The van der Waals surface area contributed by atoms with Crippen LogP contribution in [0.1, 0.15) is 43.3 Å². The van der Waals surface area contributed by atoms with Crippen LogP contribution < -0.4 is 5.56 Å². The molecule has 4 heterocycles. The van der Waals surface area contributed by atoms with Crippen molar-refractivity contribution >= 4 is 0 Å². The van der Waals surface area contributed by atoms with Crippen molar-refractivity contribution in [2.24, 2.45) is 0 Å². The van der Waals surface area contributed by atoms with E-state index in [0.29, 0.717) is 19.0 Å². The van der Waals surface area contributed by atoms with Gasteiger partial charge in [0.05, 0.1) is 18.8 Å². The van der Waals surface area contributed by atoms with E-state index in [1.807, 2.05) is 12.1 Å². The van der Waals surface area contributed by atoms with Gasteiger partial charge in [0.25, 0.3) is 5.56 Å². The summed E-state index contributed by atoms with van der Waals surface area (Å²) in [5.41, 5.74) is 1.57. The van der Waals surface area contributed by atoms with Crippen molar-refractivity contribution in [2.45, 2.75) is 50.7 Å². The van der Waals surface area contributed by atoms with Crippen molar-refractivity contribution in [3.63, 3.8) is 0 Å². The lowest BCUT2D eigenvalue weighted by Crippen LogP contribution is -2.36. The minimum Gasteiger partial charge on any atom is -0.339 e. The van der Waals surface area contributed by atoms with Gasteiger partial charge in [0.15, 0.2) is 5.82 Å². The van der Waals surface area contributed by atoms with Crippen molar-refractivity contribution < 1.29 is 4.52 Å². The van der Waals surface area contributed by atoms with E-state index in [1.54, 1.807) is 29.2 Å². The topological polar surface area (TPSA) is 89.9 Å². The van der Waals surface area contributed by atoms with Crippen molar-refractivity contribution in [2.75, 3.05) is 6.54 Å². The third-order valence-corrected chi connectivity index (χ3v) is 5.46. The zero-order valence-electron chi connectivity index (χ0n) is 15.6. The summed E-state index contributed by atoms with van der Waals surface area (Å²) in [4.78, 5) is 23.4. The van der Waals surface area contributed by atoms with Gasteiger partial charge in [-0.15, -0.1) is 0 Å². The Morgan fingerprint density at radius 3 is 2.93 bits per heavy atom. The molecule has 0 aromatic carbocycles. The molecule has 1 saturated carbocycles. The fraction of sp³-hybridized carbons (Fsp3) is 0.450. The van der Waals surface area contributed by atoms with Crippen molar-refractivity contribution in [3.8, 4) is 11.3 Å². The third kappa shape index (κ3) is 3.60. The molecule has 8 nitrogen and oxygen atoms in total. The summed E-state index contributed by atoms with van der Waals surface area (Å²) in [6.45, 7) is 2.17. The lowest BCUT2D eigenvalue weighted by molar-refractivity contribution is 0.209. The molecule has 1 saturated heterocycles. The van der Waals surface area contributed by atoms with Crippen LogP contribution in [-0.4, -0.2) is 42.4 Å². The fourth-order valence-electron chi connectivity index (χ4n) is 3.77. The summed E-state index contributed by atoms with van der Waals surface area (Å²) in [6.07, 6.45) is 7.90. The molecule has 0 amide bonds. The molecular weight excluding hydrogens is 356 g/mol. The van der Waals surface area contributed by atoms with E-state index in [0.717, 1.165) is 55.2 Å². The van der Waals surface area contributed by atoms with Crippen LogP contribution in [0, 0.1) is 0 Å². The molecule has 0 N–H and O–H groups in total. The second-order valence-corrected chi connectivity index (χ2v) is 7.57. The second kappa shape index (κ2) is 7.27. The summed E-state index contributed by atoms with van der Waals surface area (Å²) >= 11 is 0. The maximum Gasteiger partial charge on any atom is 0.266 e. The highest BCUT2D eigenvalue weighted by molar-refractivity contribution is 5.56. The maximum absolute atomic E-state index is 12.4. The SMILES string of the molecule is O=c1ccc(-c2cccnc2)nn1CC1CCCN1Cc1noc(C2CC2)n1. The summed E-state index contributed by atoms with van der Waals surface area (Å²) in [6, 6.07) is 7.37. The largest absolute Gasteiger partial charge is 0.339 e. The average molecular weight is 378 g/mol. The number of nitrogens with zero attached hydrogens (tertiary/aromatic N) is 6. The lowest BCUT2D eigenvalue weighted by atomic mass is 10.2. The summed E-state index contributed by atoms with van der Waals surface area (Å²) in [5.74, 6) is 1.97. The van der Waals surface area contributed by atoms with E-state index in [2.05, 4.69) is 25.1 Å². The number of likely N-dealkylation sites (tertiary alicyclic amines) is 1. The Balaban J connectivity index is 1.32. The average Bonchev–Trinajstić information content (AvgIpc) is 3.32. The first kappa shape index (κ1) is 17.2. The quantitative estimate of drug-likeness (QED) is 0.650. The van der Waals surface area contributed by atoms with E-state index in [1.165, 1.54) is 0 Å².